The quantitative estimate of drug-likeness (QED) is 0.192. The Morgan fingerprint density at radius 3 is 1.82 bits per heavy atom. The summed E-state index contributed by atoms with van der Waals surface area (Å²) in [6.07, 6.45) is 5.56. The van der Waals surface area contributed by atoms with E-state index in [0.717, 1.165) is 62.3 Å². The van der Waals surface area contributed by atoms with Crippen molar-refractivity contribution in [3.63, 3.8) is 0 Å². The second-order valence-electron chi connectivity index (χ2n) is 14.9. The number of hydrogen-bond acceptors (Lipinski definition) is 3. The van der Waals surface area contributed by atoms with Crippen molar-refractivity contribution in [3.8, 4) is 5.75 Å². The largest absolute Gasteiger partial charge is 0.496 e. The lowest BCUT2D eigenvalue weighted by Crippen LogP contribution is -2.34. The third-order valence-corrected chi connectivity index (χ3v) is 9.28. The van der Waals surface area contributed by atoms with Crippen LogP contribution in [0.25, 0.3) is 0 Å². The molecule has 0 N–H and O–H groups in total. The van der Waals surface area contributed by atoms with Gasteiger partial charge in [-0.2, -0.15) is 0 Å². The Morgan fingerprint density at radius 1 is 0.818 bits per heavy atom. The first-order valence-electron chi connectivity index (χ1n) is 16.4. The topological polar surface area (TPSA) is 15.7 Å². The number of likely N-dealkylation sites (N-methyl/N-ethyl adjacent to an activating group) is 1. The van der Waals surface area contributed by atoms with Gasteiger partial charge in [0.2, 0.25) is 0 Å². The molecule has 1 heterocycles. The molecule has 0 aromatic heterocycles. The van der Waals surface area contributed by atoms with Gasteiger partial charge in [-0.3, -0.25) is 4.90 Å². The first-order valence-corrected chi connectivity index (χ1v) is 16.4. The van der Waals surface area contributed by atoms with Crippen LogP contribution in [-0.4, -0.2) is 49.6 Å². The van der Waals surface area contributed by atoms with Crippen molar-refractivity contribution in [2.24, 2.45) is 0 Å². The van der Waals surface area contributed by atoms with E-state index in [1.54, 1.807) is 7.11 Å². The van der Waals surface area contributed by atoms with Crippen molar-refractivity contribution in [2.75, 3.05) is 33.8 Å². The fourth-order valence-corrected chi connectivity index (χ4v) is 6.68. The first kappa shape index (κ1) is 34.1. The van der Waals surface area contributed by atoms with Crippen molar-refractivity contribution in [1.29, 1.82) is 0 Å². The summed E-state index contributed by atoms with van der Waals surface area (Å²) in [4.78, 5) is 5.16. The number of likely N-dealkylation sites (tertiary alicyclic amines) is 1. The molecule has 0 bridgehead atoms. The van der Waals surface area contributed by atoms with E-state index in [1.165, 1.54) is 53.8 Å². The zero-order valence-electron chi connectivity index (χ0n) is 28.4. The molecule has 0 saturated carbocycles. The van der Waals surface area contributed by atoms with E-state index in [1.807, 2.05) is 24.3 Å². The number of nitrogens with zero attached hydrogens (tertiary/aromatic N) is 2. The smallest absolute Gasteiger partial charge is 0.126 e. The molecule has 1 atom stereocenters. The number of benzene rings is 3. The van der Waals surface area contributed by atoms with Crippen molar-refractivity contribution in [3.05, 3.63) is 100 Å². The first-order chi connectivity index (χ1) is 20.8. The second-order valence-corrected chi connectivity index (χ2v) is 14.9. The third-order valence-electron chi connectivity index (χ3n) is 9.28. The maximum absolute atomic E-state index is 13.6. The van der Waals surface area contributed by atoms with Gasteiger partial charge < -0.3 is 9.64 Å². The van der Waals surface area contributed by atoms with E-state index in [2.05, 4.69) is 70.5 Å². The molecule has 0 aliphatic carbocycles. The minimum atomic E-state index is -0.227. The molecular formula is C39H54F2N2O. The number of hydrogen-bond donors (Lipinski definition) is 0. The Labute approximate surface area is 265 Å². The number of unbranched alkanes of at least 4 members (excludes halogenated alkanes) is 2. The van der Waals surface area contributed by atoms with Crippen LogP contribution in [0.4, 0.5) is 8.78 Å². The van der Waals surface area contributed by atoms with Crippen LogP contribution in [0.2, 0.25) is 0 Å². The highest BCUT2D eigenvalue weighted by molar-refractivity contribution is 5.51. The third kappa shape index (κ3) is 8.91. The minimum absolute atomic E-state index is 0.00212. The fraction of sp³-hybridized carbons (Fsp3) is 0.538. The summed E-state index contributed by atoms with van der Waals surface area (Å²) in [5.41, 5.74) is 6.10. The summed E-state index contributed by atoms with van der Waals surface area (Å²) >= 11 is 0. The second kappa shape index (κ2) is 14.6. The monoisotopic (exact) mass is 604 g/mol. The van der Waals surface area contributed by atoms with Crippen LogP contribution in [0.3, 0.4) is 0 Å². The number of rotatable bonds is 12. The lowest BCUT2D eigenvalue weighted by Gasteiger charge is -2.31. The van der Waals surface area contributed by atoms with Crippen LogP contribution in [-0.2, 0) is 17.4 Å². The van der Waals surface area contributed by atoms with E-state index in [-0.39, 0.29) is 28.4 Å². The predicted molar refractivity (Wildman–Crippen MR) is 180 cm³/mol. The van der Waals surface area contributed by atoms with Crippen molar-refractivity contribution >= 4 is 0 Å². The molecule has 3 aromatic carbocycles. The summed E-state index contributed by atoms with van der Waals surface area (Å²) in [6.45, 7) is 17.9. The number of methoxy groups -OCH3 is 1. The normalized spacial score (nSPS) is 16.3. The van der Waals surface area contributed by atoms with Crippen LogP contribution in [0.15, 0.2) is 60.7 Å². The van der Waals surface area contributed by atoms with Crippen LogP contribution in [0.1, 0.15) is 107 Å². The highest BCUT2D eigenvalue weighted by Gasteiger charge is 2.29. The molecule has 240 valence electrons. The standard InChI is InChI=1S/C39H54F2N2O/c1-38(2,3)35-24-28(25-36(37(35)44-8)39(4,5)6)26-42(7)33-21-23-43(27-33)22-11-9-10-12-34(29-13-17-31(40)18-14-29)30-15-19-32(41)20-16-30/h13-20,24-25,33-34H,9-12,21-23,26-27H2,1-8H3. The molecule has 0 spiro atoms. The molecule has 4 rings (SSSR count). The highest BCUT2D eigenvalue weighted by Crippen LogP contribution is 2.41. The Bertz CT molecular complexity index is 1260. The van der Waals surface area contributed by atoms with Crippen molar-refractivity contribution < 1.29 is 13.5 Å². The lowest BCUT2D eigenvalue weighted by atomic mass is 9.78. The van der Waals surface area contributed by atoms with E-state index in [0.29, 0.717) is 6.04 Å². The number of ether oxygens (including phenoxy) is 1. The van der Waals surface area contributed by atoms with Gasteiger partial charge in [0.05, 0.1) is 7.11 Å². The lowest BCUT2D eigenvalue weighted by molar-refractivity contribution is 0.223. The van der Waals surface area contributed by atoms with Gasteiger partial charge in [0.15, 0.2) is 0 Å². The molecule has 1 saturated heterocycles. The fourth-order valence-electron chi connectivity index (χ4n) is 6.68. The SMILES string of the molecule is COc1c(C(C)(C)C)cc(CN(C)C2CCN(CCCCCC(c3ccc(F)cc3)c3ccc(F)cc3)C2)cc1C(C)(C)C. The van der Waals surface area contributed by atoms with Crippen LogP contribution >= 0.6 is 0 Å². The van der Waals surface area contributed by atoms with Gasteiger partial charge in [0.25, 0.3) is 0 Å². The van der Waals surface area contributed by atoms with Crippen LogP contribution in [0.5, 0.6) is 5.75 Å². The summed E-state index contributed by atoms with van der Waals surface area (Å²) in [5, 5.41) is 0. The number of halogens is 2. The van der Waals surface area contributed by atoms with E-state index < -0.39 is 0 Å². The Balaban J connectivity index is 1.30. The summed E-state index contributed by atoms with van der Waals surface area (Å²) < 4.78 is 33.1. The van der Waals surface area contributed by atoms with Gasteiger partial charge in [-0.15, -0.1) is 0 Å². The van der Waals surface area contributed by atoms with Gasteiger partial charge in [-0.1, -0.05) is 90.8 Å². The molecule has 1 unspecified atom stereocenters. The molecule has 1 aliphatic heterocycles. The summed E-state index contributed by atoms with van der Waals surface area (Å²) in [6, 6.07) is 18.8. The zero-order chi connectivity index (χ0) is 32.1. The maximum Gasteiger partial charge on any atom is 0.126 e. The van der Waals surface area contributed by atoms with Gasteiger partial charge in [0, 0.05) is 36.2 Å². The Hall–Kier alpha value is -2.76. The van der Waals surface area contributed by atoms with Crippen LogP contribution < -0.4 is 4.74 Å². The highest BCUT2D eigenvalue weighted by atomic mass is 19.1. The van der Waals surface area contributed by atoms with Gasteiger partial charge in [-0.25, -0.2) is 8.78 Å². The molecule has 1 fully saturated rings. The molecule has 3 nitrogen and oxygen atoms in total. The van der Waals surface area contributed by atoms with Crippen molar-refractivity contribution in [2.45, 2.75) is 103 Å². The van der Waals surface area contributed by atoms with Crippen molar-refractivity contribution in [1.82, 2.24) is 9.80 Å². The molecule has 1 aliphatic rings. The summed E-state index contributed by atoms with van der Waals surface area (Å²) in [5.74, 6) is 0.727. The zero-order valence-corrected chi connectivity index (χ0v) is 28.4. The van der Waals surface area contributed by atoms with Gasteiger partial charge in [-0.05, 0) is 91.2 Å². The van der Waals surface area contributed by atoms with E-state index in [4.69, 9.17) is 4.74 Å². The molecule has 0 radical (unpaired) electrons. The van der Waals surface area contributed by atoms with Crippen LogP contribution in [0, 0.1) is 11.6 Å². The van der Waals surface area contributed by atoms with E-state index >= 15 is 0 Å². The molecule has 5 heteroatoms. The molecule has 0 amide bonds. The van der Waals surface area contributed by atoms with Gasteiger partial charge in [0.1, 0.15) is 17.4 Å². The minimum Gasteiger partial charge on any atom is -0.496 e. The molecular weight excluding hydrogens is 550 g/mol. The average molecular weight is 605 g/mol. The molecule has 3 aromatic rings. The Morgan fingerprint density at radius 2 is 1.34 bits per heavy atom. The summed E-state index contributed by atoms with van der Waals surface area (Å²) in [7, 11) is 4.07. The predicted octanol–water partition coefficient (Wildman–Crippen LogP) is 9.47. The molecule has 44 heavy (non-hydrogen) atoms. The van der Waals surface area contributed by atoms with E-state index in [9.17, 15) is 8.78 Å². The van der Waals surface area contributed by atoms with Gasteiger partial charge >= 0.3 is 0 Å². The Kier molecular flexibility index (Phi) is 11.3. The average Bonchev–Trinajstić information content (AvgIpc) is 3.44. The maximum atomic E-state index is 13.6.